The molecule has 4 aromatic rings. The van der Waals surface area contributed by atoms with E-state index in [1.54, 1.807) is 45.7 Å². The number of nitriles is 1. The number of benzene rings is 1. The van der Waals surface area contributed by atoms with E-state index in [1.165, 1.54) is 6.07 Å². The maximum absolute atomic E-state index is 14.7. The number of nitrogens with zero attached hydrogens (tertiary/aromatic N) is 8. The molecule has 38 heavy (non-hydrogen) atoms. The number of piperazine rings is 1. The van der Waals surface area contributed by atoms with Crippen molar-refractivity contribution in [3.63, 3.8) is 0 Å². The summed E-state index contributed by atoms with van der Waals surface area (Å²) in [7, 11) is 3.79. The van der Waals surface area contributed by atoms with Crippen LogP contribution in [0.3, 0.4) is 0 Å². The number of aryl methyl sites for hydroxylation is 1. The molecule has 1 aromatic carbocycles. The Morgan fingerprint density at radius 2 is 2.05 bits per heavy atom. The van der Waals surface area contributed by atoms with Crippen LogP contribution in [0.1, 0.15) is 27.3 Å². The summed E-state index contributed by atoms with van der Waals surface area (Å²) in [6.45, 7) is 3.60. The van der Waals surface area contributed by atoms with E-state index in [9.17, 15) is 14.4 Å². The minimum atomic E-state index is -0.333. The second kappa shape index (κ2) is 9.42. The van der Waals surface area contributed by atoms with Crippen LogP contribution >= 0.6 is 0 Å². The minimum absolute atomic E-state index is 0.121. The molecule has 1 N–H and O–H groups in total. The molecule has 2 aliphatic heterocycles. The number of hydrogen-bond donors (Lipinski definition) is 1. The van der Waals surface area contributed by atoms with Gasteiger partial charge in [-0.05, 0) is 25.2 Å². The highest BCUT2D eigenvalue weighted by atomic mass is 19.1. The zero-order valence-corrected chi connectivity index (χ0v) is 21.1. The van der Waals surface area contributed by atoms with Gasteiger partial charge in [0, 0.05) is 63.5 Å². The second-order valence-corrected chi connectivity index (χ2v) is 9.51. The van der Waals surface area contributed by atoms with E-state index < -0.39 is 0 Å². The lowest BCUT2D eigenvalue weighted by atomic mass is 10.0. The Kier molecular flexibility index (Phi) is 5.92. The first-order chi connectivity index (χ1) is 18.4. The number of amides is 1. The number of aromatic nitrogens is 5. The van der Waals surface area contributed by atoms with Crippen molar-refractivity contribution in [2.24, 2.45) is 7.05 Å². The highest BCUT2D eigenvalue weighted by Gasteiger charge is 2.25. The molecule has 0 radical (unpaired) electrons. The van der Waals surface area contributed by atoms with Gasteiger partial charge in [0.1, 0.15) is 24.0 Å². The summed E-state index contributed by atoms with van der Waals surface area (Å²) < 4.78 is 23.5. The third-order valence-corrected chi connectivity index (χ3v) is 7.18. The topological polar surface area (TPSA) is 117 Å². The number of imidazole rings is 1. The number of carbonyl (C=O) groups excluding carboxylic acids is 1. The van der Waals surface area contributed by atoms with Crippen molar-refractivity contribution in [3.05, 3.63) is 59.1 Å². The van der Waals surface area contributed by atoms with Gasteiger partial charge in [-0.15, -0.1) is 0 Å². The third-order valence-electron chi connectivity index (χ3n) is 7.18. The molecule has 0 unspecified atom stereocenters. The molecule has 194 valence electrons. The van der Waals surface area contributed by atoms with E-state index >= 15 is 0 Å². The van der Waals surface area contributed by atoms with E-state index in [0.29, 0.717) is 65.8 Å². The van der Waals surface area contributed by atoms with Gasteiger partial charge in [0.05, 0.1) is 17.9 Å². The molecule has 0 saturated carbocycles. The summed E-state index contributed by atoms with van der Waals surface area (Å²) in [6, 6.07) is 6.89. The fourth-order valence-electron chi connectivity index (χ4n) is 5.07. The van der Waals surface area contributed by atoms with Crippen LogP contribution < -0.4 is 10.1 Å². The van der Waals surface area contributed by atoms with Crippen molar-refractivity contribution in [1.82, 2.24) is 33.9 Å². The fraction of sp³-hybridized carbons (Fsp3) is 0.346. The van der Waals surface area contributed by atoms with Crippen LogP contribution in [0, 0.1) is 17.1 Å². The number of fused-ring (bicyclic) bond motifs is 2. The Labute approximate surface area is 218 Å². The number of halogens is 1. The zero-order valence-electron chi connectivity index (χ0n) is 21.1. The number of ether oxygens (including phenoxy) is 1. The van der Waals surface area contributed by atoms with E-state index in [-0.39, 0.29) is 24.0 Å². The highest BCUT2D eigenvalue weighted by Crippen LogP contribution is 2.32. The van der Waals surface area contributed by atoms with Gasteiger partial charge in [-0.3, -0.25) is 13.9 Å². The largest absolute Gasteiger partial charge is 0.493 e. The van der Waals surface area contributed by atoms with E-state index in [2.05, 4.69) is 31.4 Å². The summed E-state index contributed by atoms with van der Waals surface area (Å²) in [6.07, 6.45) is 3.82. The van der Waals surface area contributed by atoms with Crippen LogP contribution in [-0.4, -0.2) is 79.7 Å². The molecule has 5 heterocycles. The first kappa shape index (κ1) is 23.9. The van der Waals surface area contributed by atoms with Gasteiger partial charge in [0.15, 0.2) is 22.9 Å². The van der Waals surface area contributed by atoms with Crippen LogP contribution in [0.15, 0.2) is 30.7 Å². The van der Waals surface area contributed by atoms with Crippen LogP contribution in [0.4, 0.5) is 10.2 Å². The average molecular weight is 516 g/mol. The Hall–Kier alpha value is -4.50. The first-order valence-corrected chi connectivity index (χ1v) is 12.4. The lowest BCUT2D eigenvalue weighted by molar-refractivity contribution is 0.0657. The molecule has 0 atom stereocenters. The Bertz CT molecular complexity index is 1590. The average Bonchev–Trinajstić information content (AvgIpc) is 3.65. The molecule has 2 aliphatic rings. The standard InChI is InChI=1S/C26H26FN9O2/c1-33-6-8-35(9-7-33)26(37)20-11-22(34(2)32-20)18-13-29-15-36-24(18)31-21(12-28)25(36)30-14-17-16-5-10-38-23(16)4-3-19(17)27/h3-4,11,13,15,30H,5-10,14H2,1-2H3. The quantitative estimate of drug-likeness (QED) is 0.430. The summed E-state index contributed by atoms with van der Waals surface area (Å²) >= 11 is 0. The van der Waals surface area contributed by atoms with E-state index in [1.807, 2.05) is 7.05 Å². The normalized spacial score (nSPS) is 15.4. The van der Waals surface area contributed by atoms with Crippen molar-refractivity contribution >= 4 is 17.4 Å². The predicted octanol–water partition coefficient (Wildman–Crippen LogP) is 2.08. The lowest BCUT2D eigenvalue weighted by Crippen LogP contribution is -2.47. The Balaban J connectivity index is 1.33. The van der Waals surface area contributed by atoms with Gasteiger partial charge < -0.3 is 19.9 Å². The predicted molar refractivity (Wildman–Crippen MR) is 136 cm³/mol. The molecular formula is C26H26FN9O2. The highest BCUT2D eigenvalue weighted by molar-refractivity contribution is 5.94. The summed E-state index contributed by atoms with van der Waals surface area (Å²) in [5.41, 5.74) is 3.56. The maximum atomic E-state index is 14.7. The Morgan fingerprint density at radius 3 is 2.84 bits per heavy atom. The Morgan fingerprint density at radius 1 is 1.24 bits per heavy atom. The summed E-state index contributed by atoms with van der Waals surface area (Å²) in [4.78, 5) is 26.0. The summed E-state index contributed by atoms with van der Waals surface area (Å²) in [5, 5.41) is 17.5. The number of anilines is 1. The minimum Gasteiger partial charge on any atom is -0.493 e. The van der Waals surface area contributed by atoms with Crippen molar-refractivity contribution in [1.29, 1.82) is 5.26 Å². The summed E-state index contributed by atoms with van der Waals surface area (Å²) in [5.74, 6) is 0.637. The molecular weight excluding hydrogens is 489 g/mol. The fourth-order valence-corrected chi connectivity index (χ4v) is 5.07. The molecule has 0 spiro atoms. The van der Waals surface area contributed by atoms with Crippen molar-refractivity contribution in [2.75, 3.05) is 45.2 Å². The van der Waals surface area contributed by atoms with Crippen LogP contribution in [0.5, 0.6) is 5.75 Å². The SMILES string of the molecule is CN1CCN(C(=O)c2cc(-c3cncn4c(NCc5c(F)ccc6c5CCO6)c(C#N)nc34)n(C)n2)CC1. The van der Waals surface area contributed by atoms with Crippen LogP contribution in [0.25, 0.3) is 16.9 Å². The van der Waals surface area contributed by atoms with Gasteiger partial charge in [-0.25, -0.2) is 14.4 Å². The molecule has 1 amide bonds. The molecule has 6 rings (SSSR count). The van der Waals surface area contributed by atoms with Gasteiger partial charge in [-0.2, -0.15) is 10.4 Å². The van der Waals surface area contributed by atoms with Gasteiger partial charge >= 0.3 is 0 Å². The molecule has 0 aliphatic carbocycles. The van der Waals surface area contributed by atoms with Crippen LogP contribution in [0.2, 0.25) is 0 Å². The monoisotopic (exact) mass is 515 g/mol. The molecule has 1 fully saturated rings. The van der Waals surface area contributed by atoms with Gasteiger partial charge in [0.2, 0.25) is 0 Å². The number of carbonyl (C=O) groups is 1. The van der Waals surface area contributed by atoms with E-state index in [0.717, 1.165) is 18.7 Å². The van der Waals surface area contributed by atoms with Crippen molar-refractivity contribution in [2.45, 2.75) is 13.0 Å². The smallest absolute Gasteiger partial charge is 0.274 e. The van der Waals surface area contributed by atoms with Gasteiger partial charge in [0.25, 0.3) is 5.91 Å². The third kappa shape index (κ3) is 4.01. The van der Waals surface area contributed by atoms with Gasteiger partial charge in [-0.1, -0.05) is 0 Å². The lowest BCUT2D eigenvalue weighted by Gasteiger charge is -2.31. The number of nitrogens with one attached hydrogen (secondary N) is 1. The molecule has 11 nitrogen and oxygen atoms in total. The second-order valence-electron chi connectivity index (χ2n) is 9.51. The number of hydrogen-bond acceptors (Lipinski definition) is 8. The zero-order chi connectivity index (χ0) is 26.4. The molecule has 12 heteroatoms. The maximum Gasteiger partial charge on any atom is 0.274 e. The first-order valence-electron chi connectivity index (χ1n) is 12.4. The van der Waals surface area contributed by atoms with E-state index in [4.69, 9.17) is 4.74 Å². The molecule has 0 bridgehead atoms. The van der Waals surface area contributed by atoms with Crippen molar-refractivity contribution in [3.8, 4) is 23.1 Å². The number of likely N-dealkylation sites (N-methyl/N-ethyl adjacent to an activating group) is 1. The molecule has 3 aromatic heterocycles. The number of rotatable bonds is 5. The van der Waals surface area contributed by atoms with Crippen LogP contribution in [-0.2, 0) is 20.0 Å². The molecule has 1 saturated heterocycles. The van der Waals surface area contributed by atoms with Crippen molar-refractivity contribution < 1.29 is 13.9 Å².